The van der Waals surface area contributed by atoms with E-state index >= 15 is 0 Å². The second-order valence-electron chi connectivity index (χ2n) is 6.08. The fourth-order valence-electron chi connectivity index (χ4n) is 2.97. The van der Waals surface area contributed by atoms with Gasteiger partial charge in [0.15, 0.2) is 12.1 Å². The molecular weight excluding hydrogens is 238 g/mol. The molecule has 3 heteroatoms. The average Bonchev–Trinajstić information content (AvgIpc) is 2.74. The number of Topliss-reactive ketones (excluding diaryl/α,β-unsaturated/α-hetero) is 1. The molecule has 1 aliphatic heterocycles. The molecule has 102 valence electrons. The molecule has 1 aromatic carbocycles. The monoisotopic (exact) mass is 259 g/mol. The summed E-state index contributed by atoms with van der Waals surface area (Å²) < 4.78 is 0. The number of carbonyl (C=O) groups excluding carboxylic acids is 2. The summed E-state index contributed by atoms with van der Waals surface area (Å²) in [5.74, 6) is -0.455. The van der Waals surface area contributed by atoms with Gasteiger partial charge in [-0.3, -0.25) is 14.5 Å². The molecule has 1 aliphatic rings. The average molecular weight is 259 g/mol. The van der Waals surface area contributed by atoms with E-state index in [1.165, 1.54) is 5.56 Å². The summed E-state index contributed by atoms with van der Waals surface area (Å²) in [5.41, 5.74) is 1.11. The molecule has 2 atom stereocenters. The first-order valence-corrected chi connectivity index (χ1v) is 6.74. The second kappa shape index (κ2) is 5.25. The van der Waals surface area contributed by atoms with Crippen LogP contribution in [0.2, 0.25) is 0 Å². The number of nitrogens with zero attached hydrogens (tertiary/aromatic N) is 1. The van der Waals surface area contributed by atoms with Gasteiger partial charge in [-0.05, 0) is 17.9 Å². The fourth-order valence-corrected chi connectivity index (χ4v) is 2.97. The zero-order valence-corrected chi connectivity index (χ0v) is 11.8. The van der Waals surface area contributed by atoms with Crippen LogP contribution < -0.4 is 0 Å². The second-order valence-corrected chi connectivity index (χ2v) is 6.08. The highest BCUT2D eigenvalue weighted by Gasteiger charge is 2.44. The highest BCUT2D eigenvalue weighted by Crippen LogP contribution is 2.39. The molecule has 0 saturated carbocycles. The molecule has 0 bridgehead atoms. The molecule has 2 rings (SSSR count). The Morgan fingerprint density at radius 1 is 1.37 bits per heavy atom. The van der Waals surface area contributed by atoms with E-state index in [9.17, 15) is 9.59 Å². The van der Waals surface area contributed by atoms with Crippen LogP contribution in [0, 0.1) is 11.3 Å². The smallest absolute Gasteiger partial charge is 0.200 e. The summed E-state index contributed by atoms with van der Waals surface area (Å²) >= 11 is 0. The first-order valence-electron chi connectivity index (χ1n) is 6.74. The number of hydrogen-bond acceptors (Lipinski definition) is 3. The molecule has 3 nitrogen and oxygen atoms in total. The van der Waals surface area contributed by atoms with Crippen LogP contribution in [-0.4, -0.2) is 30.1 Å². The topological polar surface area (TPSA) is 37.4 Å². The van der Waals surface area contributed by atoms with Crippen molar-refractivity contribution in [2.75, 3.05) is 13.1 Å². The minimum atomic E-state index is -0.271. The van der Waals surface area contributed by atoms with Gasteiger partial charge in [-0.25, -0.2) is 0 Å². The third kappa shape index (κ3) is 2.76. The van der Waals surface area contributed by atoms with Gasteiger partial charge in [0.1, 0.15) is 0 Å². The highest BCUT2D eigenvalue weighted by atomic mass is 16.2. The molecule has 19 heavy (non-hydrogen) atoms. The lowest BCUT2D eigenvalue weighted by atomic mass is 9.80. The number of carbonyl (C=O) groups is 2. The summed E-state index contributed by atoms with van der Waals surface area (Å²) in [4.78, 5) is 24.8. The molecule has 0 aliphatic carbocycles. The summed E-state index contributed by atoms with van der Waals surface area (Å²) in [6.45, 7) is 7.79. The first-order chi connectivity index (χ1) is 8.95. The van der Waals surface area contributed by atoms with E-state index in [1.54, 1.807) is 0 Å². The quantitative estimate of drug-likeness (QED) is 0.616. The Kier molecular flexibility index (Phi) is 3.85. The Hall–Kier alpha value is -1.48. The van der Waals surface area contributed by atoms with E-state index in [2.05, 4.69) is 37.8 Å². The van der Waals surface area contributed by atoms with Crippen LogP contribution in [0.25, 0.3) is 0 Å². The Morgan fingerprint density at radius 3 is 2.58 bits per heavy atom. The van der Waals surface area contributed by atoms with Crippen LogP contribution in [0.5, 0.6) is 0 Å². The molecule has 1 aromatic rings. The maximum absolute atomic E-state index is 11.7. The fraction of sp³-hybridized carbons (Fsp3) is 0.500. The van der Waals surface area contributed by atoms with Gasteiger partial charge in [0, 0.05) is 25.0 Å². The molecule has 1 fully saturated rings. The van der Waals surface area contributed by atoms with E-state index in [0.717, 1.165) is 6.54 Å². The molecule has 0 spiro atoms. The number of hydrogen-bond donors (Lipinski definition) is 0. The van der Waals surface area contributed by atoms with Gasteiger partial charge < -0.3 is 0 Å². The van der Waals surface area contributed by atoms with Gasteiger partial charge in [-0.2, -0.15) is 0 Å². The third-order valence-corrected chi connectivity index (χ3v) is 4.26. The Morgan fingerprint density at radius 2 is 2.00 bits per heavy atom. The largest absolute Gasteiger partial charge is 0.295 e. The minimum Gasteiger partial charge on any atom is -0.295 e. The highest BCUT2D eigenvalue weighted by molar-refractivity contribution is 6.26. The number of rotatable bonds is 4. The van der Waals surface area contributed by atoms with Crippen molar-refractivity contribution in [3.05, 3.63) is 35.9 Å². The van der Waals surface area contributed by atoms with E-state index < -0.39 is 0 Å². The number of likely N-dealkylation sites (tertiary alicyclic amines) is 1. The summed E-state index contributed by atoms with van der Waals surface area (Å²) in [7, 11) is 0. The summed E-state index contributed by atoms with van der Waals surface area (Å²) in [6, 6.07) is 10.5. The van der Waals surface area contributed by atoms with Crippen molar-refractivity contribution in [2.24, 2.45) is 11.3 Å². The van der Waals surface area contributed by atoms with Crippen molar-refractivity contribution in [2.45, 2.75) is 26.8 Å². The zero-order valence-electron chi connectivity index (χ0n) is 11.8. The van der Waals surface area contributed by atoms with E-state index in [1.807, 2.05) is 18.2 Å². The van der Waals surface area contributed by atoms with E-state index in [4.69, 9.17) is 0 Å². The van der Waals surface area contributed by atoms with Crippen molar-refractivity contribution in [3.8, 4) is 0 Å². The van der Waals surface area contributed by atoms with Crippen molar-refractivity contribution in [1.29, 1.82) is 0 Å². The Balaban J connectivity index is 2.16. The van der Waals surface area contributed by atoms with Gasteiger partial charge in [0.2, 0.25) is 0 Å². The third-order valence-electron chi connectivity index (χ3n) is 4.26. The van der Waals surface area contributed by atoms with Gasteiger partial charge in [-0.15, -0.1) is 0 Å². The number of benzene rings is 1. The SMILES string of the molecule is CC(c1ccccc1)N1CC(C(=O)C=O)C(C)(C)C1. The molecular formula is C16H21NO2. The molecule has 0 N–H and O–H groups in total. The van der Waals surface area contributed by atoms with Gasteiger partial charge in [-0.1, -0.05) is 44.2 Å². The minimum absolute atomic E-state index is 0.138. The van der Waals surface area contributed by atoms with Crippen LogP contribution in [0.1, 0.15) is 32.4 Å². The Labute approximate surface area is 114 Å². The van der Waals surface area contributed by atoms with Crippen LogP contribution in [0.3, 0.4) is 0 Å². The predicted molar refractivity (Wildman–Crippen MR) is 74.8 cm³/mol. The van der Waals surface area contributed by atoms with Crippen LogP contribution >= 0.6 is 0 Å². The van der Waals surface area contributed by atoms with E-state index in [0.29, 0.717) is 12.8 Å². The number of aldehydes is 1. The van der Waals surface area contributed by atoms with Gasteiger partial charge >= 0.3 is 0 Å². The Bertz CT molecular complexity index is 467. The summed E-state index contributed by atoms with van der Waals surface area (Å²) in [5, 5.41) is 0. The van der Waals surface area contributed by atoms with E-state index in [-0.39, 0.29) is 23.2 Å². The van der Waals surface area contributed by atoms with Crippen LogP contribution in [-0.2, 0) is 9.59 Å². The van der Waals surface area contributed by atoms with Crippen molar-refractivity contribution in [1.82, 2.24) is 4.90 Å². The maximum Gasteiger partial charge on any atom is 0.200 e. The maximum atomic E-state index is 11.7. The molecule has 2 unspecified atom stereocenters. The van der Waals surface area contributed by atoms with Gasteiger partial charge in [0.25, 0.3) is 0 Å². The first kappa shape index (κ1) is 13.9. The standard InChI is InChI=1S/C16H21NO2/c1-12(13-7-5-4-6-8-13)17-9-14(15(19)10-18)16(2,3)11-17/h4-8,10,12,14H,9,11H2,1-3H3. The number of ketones is 1. The lowest BCUT2D eigenvalue weighted by Gasteiger charge is -2.26. The molecule has 1 heterocycles. The van der Waals surface area contributed by atoms with Crippen LogP contribution in [0.4, 0.5) is 0 Å². The lowest BCUT2D eigenvalue weighted by molar-refractivity contribution is -0.134. The molecule has 0 aromatic heterocycles. The van der Waals surface area contributed by atoms with Crippen molar-refractivity contribution >= 4 is 12.1 Å². The lowest BCUT2D eigenvalue weighted by Crippen LogP contribution is -2.29. The zero-order chi connectivity index (χ0) is 14.0. The molecule has 0 radical (unpaired) electrons. The molecule has 0 amide bonds. The van der Waals surface area contributed by atoms with Crippen molar-refractivity contribution < 1.29 is 9.59 Å². The van der Waals surface area contributed by atoms with Crippen LogP contribution in [0.15, 0.2) is 30.3 Å². The van der Waals surface area contributed by atoms with Crippen molar-refractivity contribution in [3.63, 3.8) is 0 Å². The molecule has 1 saturated heterocycles. The van der Waals surface area contributed by atoms with Gasteiger partial charge in [0.05, 0.1) is 0 Å². The predicted octanol–water partition coefficient (Wildman–Crippen LogP) is 2.47. The normalized spacial score (nSPS) is 24.1. The summed E-state index contributed by atoms with van der Waals surface area (Å²) in [6.07, 6.45) is 0.475.